The van der Waals surface area contributed by atoms with E-state index in [9.17, 15) is 14.4 Å². The van der Waals surface area contributed by atoms with Gasteiger partial charge in [-0.15, -0.1) is 0 Å². The largest absolute Gasteiger partial charge is 0.350 e. The molecular formula is C18H19ClN2O3. The van der Waals surface area contributed by atoms with Crippen molar-refractivity contribution in [3.05, 3.63) is 47.0 Å². The van der Waals surface area contributed by atoms with Crippen molar-refractivity contribution in [2.75, 3.05) is 0 Å². The maximum absolute atomic E-state index is 12.5. The van der Waals surface area contributed by atoms with Gasteiger partial charge in [0.1, 0.15) is 6.04 Å². The monoisotopic (exact) mass is 346 g/mol. The first-order valence-electron chi connectivity index (χ1n) is 8.03. The van der Waals surface area contributed by atoms with E-state index in [2.05, 4.69) is 5.32 Å². The number of halogens is 1. The van der Waals surface area contributed by atoms with Gasteiger partial charge in [-0.05, 0) is 37.5 Å². The summed E-state index contributed by atoms with van der Waals surface area (Å²) in [6.45, 7) is 1.92. The van der Waals surface area contributed by atoms with Gasteiger partial charge in [-0.2, -0.15) is 0 Å². The van der Waals surface area contributed by atoms with Crippen LogP contribution >= 0.6 is 11.6 Å². The van der Waals surface area contributed by atoms with Gasteiger partial charge in [0.05, 0.1) is 11.8 Å². The Kier molecular flexibility index (Phi) is 4.71. The molecule has 1 fully saturated rings. The molecule has 3 atom stereocenters. The zero-order chi connectivity index (χ0) is 17.3. The highest BCUT2D eigenvalue weighted by atomic mass is 35.5. The number of amides is 3. The van der Waals surface area contributed by atoms with Gasteiger partial charge in [-0.1, -0.05) is 35.9 Å². The van der Waals surface area contributed by atoms with E-state index >= 15 is 0 Å². The first kappa shape index (κ1) is 16.7. The SMILES string of the molecule is C[C@@H](C(=O)NCc1ccc(Cl)cc1)N1C(=O)[C@H]2CC=CC[C@H]2C1=O. The van der Waals surface area contributed by atoms with Crippen molar-refractivity contribution in [2.24, 2.45) is 11.8 Å². The van der Waals surface area contributed by atoms with Gasteiger partial charge in [0.25, 0.3) is 0 Å². The molecule has 0 radical (unpaired) electrons. The Hall–Kier alpha value is -2.14. The molecule has 24 heavy (non-hydrogen) atoms. The fourth-order valence-corrected chi connectivity index (χ4v) is 3.39. The summed E-state index contributed by atoms with van der Waals surface area (Å²) in [6, 6.07) is 6.33. The summed E-state index contributed by atoms with van der Waals surface area (Å²) in [5.74, 6) is -1.42. The second kappa shape index (κ2) is 6.77. The number of imide groups is 1. The predicted molar refractivity (Wildman–Crippen MR) is 90.0 cm³/mol. The second-order valence-electron chi connectivity index (χ2n) is 6.22. The number of hydrogen-bond donors (Lipinski definition) is 1. The van der Waals surface area contributed by atoms with Crippen LogP contribution in [0.25, 0.3) is 0 Å². The van der Waals surface area contributed by atoms with Crippen LogP contribution in [-0.2, 0) is 20.9 Å². The smallest absolute Gasteiger partial charge is 0.243 e. The summed E-state index contributed by atoms with van der Waals surface area (Å²) in [4.78, 5) is 38.5. The van der Waals surface area contributed by atoms with E-state index in [4.69, 9.17) is 11.6 Å². The third-order valence-electron chi connectivity index (χ3n) is 4.69. The molecule has 3 rings (SSSR count). The summed E-state index contributed by atoms with van der Waals surface area (Å²) in [5.41, 5.74) is 0.900. The van der Waals surface area contributed by atoms with E-state index in [0.717, 1.165) is 10.5 Å². The van der Waals surface area contributed by atoms with Crippen LogP contribution in [0.5, 0.6) is 0 Å². The third kappa shape index (κ3) is 3.08. The van der Waals surface area contributed by atoms with Crippen molar-refractivity contribution in [3.8, 4) is 0 Å². The number of allylic oxidation sites excluding steroid dienone is 2. The molecule has 1 heterocycles. The van der Waals surface area contributed by atoms with Crippen LogP contribution in [0.1, 0.15) is 25.3 Å². The van der Waals surface area contributed by atoms with Gasteiger partial charge in [-0.25, -0.2) is 0 Å². The van der Waals surface area contributed by atoms with Crippen molar-refractivity contribution in [1.82, 2.24) is 10.2 Å². The third-order valence-corrected chi connectivity index (χ3v) is 4.94. The van der Waals surface area contributed by atoms with Crippen LogP contribution in [0.4, 0.5) is 0 Å². The molecule has 1 aromatic carbocycles. The van der Waals surface area contributed by atoms with Crippen LogP contribution in [0.2, 0.25) is 5.02 Å². The van der Waals surface area contributed by atoms with E-state index in [-0.39, 0.29) is 29.6 Å². The van der Waals surface area contributed by atoms with Crippen molar-refractivity contribution in [2.45, 2.75) is 32.4 Å². The molecule has 0 bridgehead atoms. The Labute approximate surface area is 145 Å². The molecule has 3 amide bonds. The van der Waals surface area contributed by atoms with Crippen LogP contribution < -0.4 is 5.32 Å². The van der Waals surface area contributed by atoms with Crippen molar-refractivity contribution in [3.63, 3.8) is 0 Å². The minimum atomic E-state index is -0.803. The first-order valence-corrected chi connectivity index (χ1v) is 8.41. The lowest BCUT2D eigenvalue weighted by Crippen LogP contribution is -2.48. The van der Waals surface area contributed by atoms with Crippen LogP contribution in [0.3, 0.4) is 0 Å². The molecule has 1 aliphatic heterocycles. The summed E-state index contributed by atoms with van der Waals surface area (Å²) >= 11 is 5.83. The zero-order valence-electron chi connectivity index (χ0n) is 13.4. The number of carbonyl (C=O) groups excluding carboxylic acids is 3. The van der Waals surface area contributed by atoms with E-state index < -0.39 is 6.04 Å². The lowest BCUT2D eigenvalue weighted by atomic mass is 9.85. The van der Waals surface area contributed by atoms with Crippen LogP contribution in [-0.4, -0.2) is 28.7 Å². The lowest BCUT2D eigenvalue weighted by Gasteiger charge is -2.22. The number of benzene rings is 1. The summed E-state index contributed by atoms with van der Waals surface area (Å²) < 4.78 is 0. The fourth-order valence-electron chi connectivity index (χ4n) is 3.26. The number of hydrogen-bond acceptors (Lipinski definition) is 3. The molecule has 0 saturated carbocycles. The number of nitrogens with zero attached hydrogens (tertiary/aromatic N) is 1. The molecule has 6 heteroatoms. The molecular weight excluding hydrogens is 328 g/mol. The molecule has 1 N–H and O–H groups in total. The molecule has 1 saturated heterocycles. The molecule has 0 spiro atoms. The highest BCUT2D eigenvalue weighted by Crippen LogP contribution is 2.36. The maximum Gasteiger partial charge on any atom is 0.243 e. The quantitative estimate of drug-likeness (QED) is 0.672. The number of carbonyl (C=O) groups is 3. The van der Waals surface area contributed by atoms with Crippen LogP contribution in [0.15, 0.2) is 36.4 Å². The normalized spacial score (nSPS) is 24.0. The Morgan fingerprint density at radius 2 is 1.71 bits per heavy atom. The van der Waals surface area contributed by atoms with Crippen LogP contribution in [0, 0.1) is 11.8 Å². The van der Waals surface area contributed by atoms with Gasteiger partial charge in [-0.3, -0.25) is 19.3 Å². The molecule has 126 valence electrons. The van der Waals surface area contributed by atoms with E-state index in [1.165, 1.54) is 0 Å². The Balaban J connectivity index is 1.64. The predicted octanol–water partition coefficient (Wildman–Crippen LogP) is 2.30. The number of likely N-dealkylation sites (tertiary alicyclic amines) is 1. The maximum atomic E-state index is 12.5. The highest BCUT2D eigenvalue weighted by molar-refractivity contribution is 6.30. The summed E-state index contributed by atoms with van der Waals surface area (Å²) in [7, 11) is 0. The average Bonchev–Trinajstić information content (AvgIpc) is 2.85. The minimum absolute atomic E-state index is 0.233. The molecule has 1 aliphatic carbocycles. The first-order chi connectivity index (χ1) is 11.5. The van der Waals surface area contributed by atoms with Gasteiger partial charge in [0, 0.05) is 11.6 Å². The van der Waals surface area contributed by atoms with E-state index in [0.29, 0.717) is 24.4 Å². The van der Waals surface area contributed by atoms with E-state index in [1.807, 2.05) is 24.3 Å². The lowest BCUT2D eigenvalue weighted by molar-refractivity contribution is -0.147. The van der Waals surface area contributed by atoms with E-state index in [1.54, 1.807) is 19.1 Å². The molecule has 1 aromatic rings. The minimum Gasteiger partial charge on any atom is -0.350 e. The number of nitrogens with one attached hydrogen (secondary N) is 1. The van der Waals surface area contributed by atoms with Crippen molar-refractivity contribution in [1.29, 1.82) is 0 Å². The Bertz CT molecular complexity index is 673. The average molecular weight is 347 g/mol. The van der Waals surface area contributed by atoms with Gasteiger partial charge < -0.3 is 5.32 Å². The zero-order valence-corrected chi connectivity index (χ0v) is 14.1. The number of rotatable bonds is 4. The van der Waals surface area contributed by atoms with Gasteiger partial charge in [0.15, 0.2) is 0 Å². The number of fused-ring (bicyclic) bond motifs is 1. The molecule has 2 aliphatic rings. The molecule has 0 aromatic heterocycles. The Morgan fingerprint density at radius 3 is 2.25 bits per heavy atom. The molecule has 0 unspecified atom stereocenters. The standard InChI is InChI=1S/C18H19ClN2O3/c1-11(16(22)20-10-12-6-8-13(19)9-7-12)21-17(23)14-4-2-3-5-15(14)18(21)24/h2-3,6-9,11,14-15H,4-5,10H2,1H3,(H,20,22)/t11-,14-,15+/m0/s1. The topological polar surface area (TPSA) is 66.5 Å². The van der Waals surface area contributed by atoms with Crippen molar-refractivity contribution >= 4 is 29.3 Å². The second-order valence-corrected chi connectivity index (χ2v) is 6.66. The Morgan fingerprint density at radius 1 is 1.17 bits per heavy atom. The van der Waals surface area contributed by atoms with Gasteiger partial charge in [0.2, 0.25) is 17.7 Å². The summed E-state index contributed by atoms with van der Waals surface area (Å²) in [5, 5.41) is 3.40. The highest BCUT2D eigenvalue weighted by Gasteiger charge is 2.49. The van der Waals surface area contributed by atoms with Gasteiger partial charge >= 0.3 is 0 Å². The summed E-state index contributed by atoms with van der Waals surface area (Å²) in [6.07, 6.45) is 5.01. The molecule has 5 nitrogen and oxygen atoms in total. The van der Waals surface area contributed by atoms with Crippen molar-refractivity contribution < 1.29 is 14.4 Å². The fraction of sp³-hybridized carbons (Fsp3) is 0.389.